The van der Waals surface area contributed by atoms with Gasteiger partial charge in [0.1, 0.15) is 5.69 Å². The van der Waals surface area contributed by atoms with Gasteiger partial charge in [-0.15, -0.1) is 0 Å². The molecule has 0 saturated heterocycles. The van der Waals surface area contributed by atoms with Gasteiger partial charge in [-0.2, -0.15) is 15.4 Å². The van der Waals surface area contributed by atoms with Gasteiger partial charge in [-0.05, 0) is 28.5 Å². The number of nitrogens with zero attached hydrogens (tertiary/aromatic N) is 2. The fourth-order valence-electron chi connectivity index (χ4n) is 1.78. The molecule has 2 aromatic carbocycles. The largest absolute Gasteiger partial charge is 0.197 e. The number of aromatic nitrogens is 3. The summed E-state index contributed by atoms with van der Waals surface area (Å²) in [7, 11) is 0. The van der Waals surface area contributed by atoms with E-state index in [0.29, 0.717) is 0 Å². The summed E-state index contributed by atoms with van der Waals surface area (Å²) in [5.74, 6) is 0. The van der Waals surface area contributed by atoms with Gasteiger partial charge in [-0.3, -0.25) is 0 Å². The van der Waals surface area contributed by atoms with E-state index in [4.69, 9.17) is 0 Å². The van der Waals surface area contributed by atoms with Gasteiger partial charge in [0.05, 0.1) is 6.20 Å². The molecule has 0 saturated carbocycles. The predicted molar refractivity (Wildman–Crippen MR) is 69.3 cm³/mol. The second kappa shape index (κ2) is 4.22. The number of aromatic amines is 1. The number of hydrogen-bond acceptors (Lipinski definition) is 2. The van der Waals surface area contributed by atoms with Crippen LogP contribution in [0.1, 0.15) is 11.3 Å². The van der Waals surface area contributed by atoms with E-state index in [-0.39, 0.29) is 0 Å². The quantitative estimate of drug-likeness (QED) is 0.722. The maximum atomic E-state index is 3.97. The van der Waals surface area contributed by atoms with E-state index in [0.717, 1.165) is 11.3 Å². The van der Waals surface area contributed by atoms with E-state index in [1.165, 1.54) is 10.8 Å². The SMILES string of the molecule is C(=C\c1cn[nH]n1)/c1ccc2ccccc2c1. The van der Waals surface area contributed by atoms with E-state index in [1.807, 2.05) is 24.3 Å². The molecule has 0 unspecified atom stereocenters. The fourth-order valence-corrected chi connectivity index (χ4v) is 1.78. The number of hydrogen-bond donors (Lipinski definition) is 1. The van der Waals surface area contributed by atoms with Gasteiger partial charge in [0.15, 0.2) is 0 Å². The number of benzene rings is 2. The highest BCUT2D eigenvalue weighted by atomic mass is 15.3. The van der Waals surface area contributed by atoms with Gasteiger partial charge < -0.3 is 0 Å². The van der Waals surface area contributed by atoms with Crippen LogP contribution in [0.5, 0.6) is 0 Å². The summed E-state index contributed by atoms with van der Waals surface area (Å²) in [6, 6.07) is 14.7. The van der Waals surface area contributed by atoms with Crippen LogP contribution in [0.4, 0.5) is 0 Å². The van der Waals surface area contributed by atoms with Crippen LogP contribution < -0.4 is 0 Å². The smallest absolute Gasteiger partial charge is 0.105 e. The minimum Gasteiger partial charge on any atom is -0.197 e. The van der Waals surface area contributed by atoms with Crippen molar-refractivity contribution in [1.29, 1.82) is 0 Å². The Labute approximate surface area is 98.8 Å². The number of fused-ring (bicyclic) bond motifs is 1. The highest BCUT2D eigenvalue weighted by Crippen LogP contribution is 2.16. The average molecular weight is 221 g/mol. The molecule has 17 heavy (non-hydrogen) atoms. The highest BCUT2D eigenvalue weighted by molar-refractivity contribution is 5.85. The van der Waals surface area contributed by atoms with E-state index in [9.17, 15) is 0 Å². The summed E-state index contributed by atoms with van der Waals surface area (Å²) in [5.41, 5.74) is 1.99. The lowest BCUT2D eigenvalue weighted by Gasteiger charge is -1.98. The van der Waals surface area contributed by atoms with Gasteiger partial charge in [0.25, 0.3) is 0 Å². The maximum Gasteiger partial charge on any atom is 0.105 e. The van der Waals surface area contributed by atoms with Gasteiger partial charge in [0, 0.05) is 0 Å². The summed E-state index contributed by atoms with van der Waals surface area (Å²) in [6.07, 6.45) is 5.66. The highest BCUT2D eigenvalue weighted by Gasteiger charge is 1.93. The summed E-state index contributed by atoms with van der Waals surface area (Å²) >= 11 is 0. The Morgan fingerprint density at radius 3 is 2.65 bits per heavy atom. The molecular formula is C14H11N3. The van der Waals surface area contributed by atoms with Crippen molar-refractivity contribution in [2.45, 2.75) is 0 Å². The van der Waals surface area contributed by atoms with Crippen molar-refractivity contribution >= 4 is 22.9 Å². The molecule has 0 aliphatic heterocycles. The van der Waals surface area contributed by atoms with Crippen LogP contribution in [0.25, 0.3) is 22.9 Å². The molecule has 1 heterocycles. The summed E-state index contributed by atoms with van der Waals surface area (Å²) in [5, 5.41) is 12.8. The van der Waals surface area contributed by atoms with Crippen LogP contribution >= 0.6 is 0 Å². The first-order valence-electron chi connectivity index (χ1n) is 5.44. The Bertz CT molecular complexity index is 654. The lowest BCUT2D eigenvalue weighted by molar-refractivity contribution is 0.937. The van der Waals surface area contributed by atoms with E-state index in [1.54, 1.807) is 6.20 Å². The minimum absolute atomic E-state index is 0.832. The predicted octanol–water partition coefficient (Wildman–Crippen LogP) is 3.13. The Hall–Kier alpha value is -2.42. The Balaban J connectivity index is 1.96. The molecule has 0 atom stereocenters. The molecule has 3 aromatic rings. The van der Waals surface area contributed by atoms with Crippen LogP contribution in [0.15, 0.2) is 48.7 Å². The molecule has 82 valence electrons. The van der Waals surface area contributed by atoms with Crippen LogP contribution in [0, 0.1) is 0 Å². The third kappa shape index (κ3) is 2.08. The van der Waals surface area contributed by atoms with E-state index in [2.05, 4.69) is 45.7 Å². The monoisotopic (exact) mass is 221 g/mol. The zero-order valence-corrected chi connectivity index (χ0v) is 9.17. The molecule has 3 heteroatoms. The lowest BCUT2D eigenvalue weighted by Crippen LogP contribution is -1.75. The van der Waals surface area contributed by atoms with E-state index < -0.39 is 0 Å². The van der Waals surface area contributed by atoms with Crippen LogP contribution in [0.2, 0.25) is 0 Å². The lowest BCUT2D eigenvalue weighted by atomic mass is 10.1. The standard InChI is InChI=1S/C14H11N3/c1-2-4-13-9-11(5-7-12(13)3-1)6-8-14-10-15-17-16-14/h1-10H,(H,15,16,17)/b8-6+. The zero-order chi connectivity index (χ0) is 11.5. The maximum absolute atomic E-state index is 3.97. The van der Waals surface area contributed by atoms with Crippen molar-refractivity contribution in [3.63, 3.8) is 0 Å². The van der Waals surface area contributed by atoms with Crippen molar-refractivity contribution in [1.82, 2.24) is 15.4 Å². The van der Waals surface area contributed by atoms with Crippen LogP contribution in [0.3, 0.4) is 0 Å². The molecule has 0 aliphatic rings. The molecule has 1 N–H and O–H groups in total. The topological polar surface area (TPSA) is 41.6 Å². The fraction of sp³-hybridized carbons (Fsp3) is 0. The molecule has 0 fully saturated rings. The molecule has 0 bridgehead atoms. The normalized spacial score (nSPS) is 11.3. The number of rotatable bonds is 2. The molecule has 1 aromatic heterocycles. The molecule has 0 radical (unpaired) electrons. The molecule has 0 spiro atoms. The van der Waals surface area contributed by atoms with Crippen molar-refractivity contribution in [2.75, 3.05) is 0 Å². The second-order valence-corrected chi connectivity index (χ2v) is 3.83. The van der Waals surface area contributed by atoms with Crippen molar-refractivity contribution in [2.24, 2.45) is 0 Å². The summed E-state index contributed by atoms with van der Waals surface area (Å²) in [4.78, 5) is 0. The van der Waals surface area contributed by atoms with Gasteiger partial charge >= 0.3 is 0 Å². The molecule has 3 nitrogen and oxygen atoms in total. The van der Waals surface area contributed by atoms with Gasteiger partial charge in [0.2, 0.25) is 0 Å². The van der Waals surface area contributed by atoms with Crippen molar-refractivity contribution in [3.8, 4) is 0 Å². The number of nitrogens with one attached hydrogen (secondary N) is 1. The van der Waals surface area contributed by atoms with Crippen molar-refractivity contribution in [3.05, 3.63) is 59.9 Å². The molecule has 3 rings (SSSR count). The Kier molecular flexibility index (Phi) is 2.43. The zero-order valence-electron chi connectivity index (χ0n) is 9.17. The molecule has 0 amide bonds. The van der Waals surface area contributed by atoms with Crippen molar-refractivity contribution < 1.29 is 0 Å². The van der Waals surface area contributed by atoms with Gasteiger partial charge in [-0.1, -0.05) is 42.5 Å². The average Bonchev–Trinajstić information content (AvgIpc) is 2.89. The third-order valence-corrected chi connectivity index (χ3v) is 2.65. The third-order valence-electron chi connectivity index (χ3n) is 2.65. The number of H-pyrrole nitrogens is 1. The van der Waals surface area contributed by atoms with Gasteiger partial charge in [-0.25, -0.2) is 0 Å². The minimum atomic E-state index is 0.832. The van der Waals surface area contributed by atoms with Crippen LogP contribution in [-0.2, 0) is 0 Å². The summed E-state index contributed by atoms with van der Waals surface area (Å²) in [6.45, 7) is 0. The Morgan fingerprint density at radius 2 is 1.82 bits per heavy atom. The first kappa shape index (κ1) is 9.78. The second-order valence-electron chi connectivity index (χ2n) is 3.83. The molecule has 0 aliphatic carbocycles. The summed E-state index contributed by atoms with van der Waals surface area (Å²) < 4.78 is 0. The molecular weight excluding hydrogens is 210 g/mol. The Morgan fingerprint density at radius 1 is 0.941 bits per heavy atom. The first-order valence-corrected chi connectivity index (χ1v) is 5.44. The van der Waals surface area contributed by atoms with Crippen LogP contribution in [-0.4, -0.2) is 15.4 Å². The van der Waals surface area contributed by atoms with E-state index >= 15 is 0 Å². The first-order chi connectivity index (χ1) is 8.42.